The fraction of sp³-hybridized carbons (Fsp3) is 0.424. The lowest BCUT2D eigenvalue weighted by Gasteiger charge is -2.36. The molecule has 3 aliphatic heterocycles. The van der Waals surface area contributed by atoms with E-state index in [1.807, 2.05) is 58.8 Å². The first-order valence-corrected chi connectivity index (χ1v) is 15.9. The zero-order valence-corrected chi connectivity index (χ0v) is 26.8. The summed E-state index contributed by atoms with van der Waals surface area (Å²) in [5.41, 5.74) is 3.48. The number of nitrogens with zero attached hydrogens (tertiary/aromatic N) is 3. The summed E-state index contributed by atoms with van der Waals surface area (Å²) in [5.74, 6) is 0.501. The zero-order valence-electron chi connectivity index (χ0n) is 26.0. The lowest BCUT2D eigenvalue weighted by atomic mass is 9.93. The minimum atomic E-state index is -0.605. The number of allylic oxidation sites excluding steroid dienone is 1. The third-order valence-corrected chi connectivity index (χ3v) is 8.57. The number of hydrogen-bond acceptors (Lipinski definition) is 11. The Balaban J connectivity index is 1.38. The molecule has 1 saturated heterocycles. The molecule has 45 heavy (non-hydrogen) atoms. The van der Waals surface area contributed by atoms with Gasteiger partial charge in [0.25, 0.3) is 0 Å². The number of esters is 1. The maximum Gasteiger partial charge on any atom is 0.338 e. The molecule has 0 radical (unpaired) electrons. The quantitative estimate of drug-likeness (QED) is 0.242. The van der Waals surface area contributed by atoms with Crippen molar-refractivity contribution in [1.82, 2.24) is 15.1 Å². The number of thioether (sulfide) groups is 1. The molecule has 3 heterocycles. The van der Waals surface area contributed by atoms with E-state index < -0.39 is 12.0 Å². The predicted octanol–water partition coefficient (Wildman–Crippen LogP) is 3.88. The van der Waals surface area contributed by atoms with Gasteiger partial charge < -0.3 is 33.9 Å². The number of morpholine rings is 1. The predicted molar refractivity (Wildman–Crippen MR) is 172 cm³/mol. The fourth-order valence-corrected chi connectivity index (χ4v) is 6.32. The second-order valence-corrected chi connectivity index (χ2v) is 11.5. The normalized spacial score (nSPS) is 18.2. The van der Waals surface area contributed by atoms with Crippen molar-refractivity contribution in [3.8, 4) is 11.5 Å². The maximum absolute atomic E-state index is 13.6. The summed E-state index contributed by atoms with van der Waals surface area (Å²) in [6.45, 7) is 7.01. The van der Waals surface area contributed by atoms with Crippen molar-refractivity contribution in [3.05, 3.63) is 82.0 Å². The van der Waals surface area contributed by atoms with Crippen LogP contribution in [0.2, 0.25) is 0 Å². The molecule has 0 spiro atoms. The topological polar surface area (TPSA) is 111 Å². The van der Waals surface area contributed by atoms with Crippen LogP contribution in [0.5, 0.6) is 11.5 Å². The van der Waals surface area contributed by atoms with E-state index in [1.54, 1.807) is 21.1 Å². The number of nitrogens with one attached hydrogen (secondary N) is 1. The van der Waals surface area contributed by atoms with E-state index in [0.29, 0.717) is 54.3 Å². The highest BCUT2D eigenvalue weighted by molar-refractivity contribution is 8.16. The molecule has 12 heteroatoms. The molecule has 1 amide bonds. The standard InChI is InChI=1S/C33H40N4O7S/c1-23-30(32(39)43-18-17-40-2)31(25-9-10-27(28(19-25)41-3)44-21-24-7-5-4-6-8-24)37-26(22-45-33(37)35-23)20-29(38)34-11-12-36-13-15-42-16-14-36/h4-10,19,22,31H,11-18,20-21H2,1-3H3,(H,34,38). The first-order chi connectivity index (χ1) is 22.0. The van der Waals surface area contributed by atoms with E-state index in [2.05, 4.69) is 10.2 Å². The van der Waals surface area contributed by atoms with Crippen LogP contribution >= 0.6 is 11.8 Å². The Morgan fingerprint density at radius 2 is 1.87 bits per heavy atom. The number of aliphatic imine (C=N–C) groups is 1. The van der Waals surface area contributed by atoms with Crippen molar-refractivity contribution in [1.29, 1.82) is 0 Å². The van der Waals surface area contributed by atoms with Crippen molar-refractivity contribution in [2.24, 2.45) is 4.99 Å². The highest BCUT2D eigenvalue weighted by Crippen LogP contribution is 2.46. The van der Waals surface area contributed by atoms with Crippen LogP contribution in [0.3, 0.4) is 0 Å². The molecule has 2 aromatic carbocycles. The van der Waals surface area contributed by atoms with Crippen LogP contribution < -0.4 is 14.8 Å². The number of methoxy groups -OCH3 is 2. The van der Waals surface area contributed by atoms with Gasteiger partial charge in [0.15, 0.2) is 16.7 Å². The minimum absolute atomic E-state index is 0.104. The molecule has 1 atom stereocenters. The average Bonchev–Trinajstić information content (AvgIpc) is 3.45. The second kappa shape index (κ2) is 15.9. The number of carbonyl (C=O) groups excluding carboxylic acids is 2. The van der Waals surface area contributed by atoms with E-state index in [4.69, 9.17) is 28.7 Å². The molecule has 2 aromatic rings. The summed E-state index contributed by atoms with van der Waals surface area (Å²) in [5, 5.41) is 5.66. The van der Waals surface area contributed by atoms with Gasteiger partial charge in [-0.25, -0.2) is 9.79 Å². The largest absolute Gasteiger partial charge is 0.493 e. The number of carbonyl (C=O) groups is 2. The Bertz CT molecular complexity index is 1440. The molecular weight excluding hydrogens is 596 g/mol. The highest BCUT2D eigenvalue weighted by Gasteiger charge is 2.41. The molecule has 1 fully saturated rings. The molecular formula is C33H40N4O7S. The van der Waals surface area contributed by atoms with Crippen LogP contribution in [0.15, 0.2) is 75.9 Å². The first kappa shape index (κ1) is 32.6. The lowest BCUT2D eigenvalue weighted by Crippen LogP contribution is -2.42. The molecule has 1 N–H and O–H groups in total. The van der Waals surface area contributed by atoms with Gasteiger partial charge >= 0.3 is 5.97 Å². The molecule has 0 aromatic heterocycles. The van der Waals surface area contributed by atoms with Gasteiger partial charge in [-0.15, -0.1) is 0 Å². The number of amidine groups is 1. The van der Waals surface area contributed by atoms with Crippen molar-refractivity contribution in [2.75, 3.05) is 66.8 Å². The van der Waals surface area contributed by atoms with Crippen molar-refractivity contribution >= 4 is 28.8 Å². The SMILES string of the molecule is COCCOC(=O)C1=C(C)N=C2SC=C(CC(=O)NCCN3CCOCC3)N2C1c1ccc(OCc2ccccc2)c(OC)c1. The molecule has 11 nitrogen and oxygen atoms in total. The van der Waals surface area contributed by atoms with Crippen molar-refractivity contribution in [2.45, 2.75) is 26.0 Å². The highest BCUT2D eigenvalue weighted by atomic mass is 32.2. The van der Waals surface area contributed by atoms with Gasteiger partial charge in [0, 0.05) is 39.0 Å². The van der Waals surface area contributed by atoms with Crippen molar-refractivity contribution < 1.29 is 33.3 Å². The van der Waals surface area contributed by atoms with E-state index in [0.717, 1.165) is 36.5 Å². The Morgan fingerprint density at radius 3 is 2.62 bits per heavy atom. The van der Waals surface area contributed by atoms with Crippen LogP contribution in [0, 0.1) is 0 Å². The van der Waals surface area contributed by atoms with E-state index in [-0.39, 0.29) is 25.5 Å². The van der Waals surface area contributed by atoms with Crippen LogP contribution in [0.4, 0.5) is 0 Å². The smallest absolute Gasteiger partial charge is 0.338 e. The second-order valence-electron chi connectivity index (χ2n) is 10.7. The molecule has 0 aliphatic carbocycles. The number of benzene rings is 2. The molecule has 3 aliphatic rings. The number of hydrogen-bond donors (Lipinski definition) is 1. The van der Waals surface area contributed by atoms with Crippen molar-refractivity contribution in [3.63, 3.8) is 0 Å². The zero-order chi connectivity index (χ0) is 31.6. The van der Waals surface area contributed by atoms with Gasteiger partial charge in [0.05, 0.1) is 50.7 Å². The van der Waals surface area contributed by atoms with Gasteiger partial charge in [-0.3, -0.25) is 9.69 Å². The number of amides is 1. The van der Waals surface area contributed by atoms with Gasteiger partial charge in [0.1, 0.15) is 13.2 Å². The molecule has 5 rings (SSSR count). The Kier molecular flexibility index (Phi) is 11.5. The summed E-state index contributed by atoms with van der Waals surface area (Å²) in [4.78, 5) is 35.6. The van der Waals surface area contributed by atoms with Gasteiger partial charge in [0.2, 0.25) is 5.91 Å². The summed E-state index contributed by atoms with van der Waals surface area (Å²) in [6, 6.07) is 14.9. The molecule has 0 bridgehead atoms. The van der Waals surface area contributed by atoms with E-state index in [1.165, 1.54) is 11.8 Å². The average molecular weight is 637 g/mol. The Labute approximate surface area is 268 Å². The molecule has 1 unspecified atom stereocenters. The molecule has 0 saturated carbocycles. The fourth-order valence-electron chi connectivity index (χ4n) is 5.36. The Hall–Kier alpha value is -3.84. The molecule has 240 valence electrons. The van der Waals surface area contributed by atoms with Crippen LogP contribution in [-0.2, 0) is 30.4 Å². The minimum Gasteiger partial charge on any atom is -0.493 e. The van der Waals surface area contributed by atoms with Crippen LogP contribution in [-0.4, -0.2) is 93.7 Å². The summed E-state index contributed by atoms with van der Waals surface area (Å²) in [6.07, 6.45) is 0.131. The van der Waals surface area contributed by atoms with E-state index >= 15 is 0 Å². The number of ether oxygens (including phenoxy) is 5. The summed E-state index contributed by atoms with van der Waals surface area (Å²) in [7, 11) is 3.14. The summed E-state index contributed by atoms with van der Waals surface area (Å²) < 4.78 is 27.9. The number of fused-ring (bicyclic) bond motifs is 1. The van der Waals surface area contributed by atoms with Gasteiger partial charge in [-0.05, 0) is 35.6 Å². The van der Waals surface area contributed by atoms with E-state index in [9.17, 15) is 9.59 Å². The van der Waals surface area contributed by atoms with Crippen LogP contribution in [0.25, 0.3) is 0 Å². The third kappa shape index (κ3) is 8.26. The van der Waals surface area contributed by atoms with Crippen LogP contribution in [0.1, 0.15) is 30.5 Å². The summed E-state index contributed by atoms with van der Waals surface area (Å²) >= 11 is 1.43. The lowest BCUT2D eigenvalue weighted by molar-refractivity contribution is -0.141. The third-order valence-electron chi connectivity index (χ3n) is 7.68. The Morgan fingerprint density at radius 1 is 1.07 bits per heavy atom. The monoisotopic (exact) mass is 636 g/mol. The maximum atomic E-state index is 13.6. The van der Waals surface area contributed by atoms with Gasteiger partial charge in [-0.2, -0.15) is 0 Å². The van der Waals surface area contributed by atoms with Gasteiger partial charge in [-0.1, -0.05) is 48.2 Å². The first-order valence-electron chi connectivity index (χ1n) is 15.0. The number of rotatable bonds is 14.